The summed E-state index contributed by atoms with van der Waals surface area (Å²) < 4.78 is 32.9. The molecule has 1 N–H and O–H groups in total. The fourth-order valence-corrected chi connectivity index (χ4v) is 5.67. The third kappa shape index (κ3) is 3.98. The van der Waals surface area contributed by atoms with Gasteiger partial charge in [-0.2, -0.15) is 0 Å². The second-order valence-corrected chi connectivity index (χ2v) is 10.1. The van der Waals surface area contributed by atoms with Crippen LogP contribution in [0.25, 0.3) is 0 Å². The lowest BCUT2D eigenvalue weighted by molar-refractivity contribution is 0.0981. The average molecular weight is 443 g/mol. The number of carbonyl (C=O) groups is 1. The summed E-state index contributed by atoms with van der Waals surface area (Å²) in [6.45, 7) is 2.17. The van der Waals surface area contributed by atoms with Crippen LogP contribution in [0.4, 0.5) is 5.69 Å². The van der Waals surface area contributed by atoms with Gasteiger partial charge in [-0.15, -0.1) is 11.3 Å². The van der Waals surface area contributed by atoms with E-state index in [1.165, 1.54) is 11.3 Å². The number of anilines is 1. The first-order valence-electron chi connectivity index (χ1n) is 9.51. The summed E-state index contributed by atoms with van der Waals surface area (Å²) in [5.41, 5.74) is 3.29. The maximum Gasteiger partial charge on any atom is 0.258 e. The number of amides is 1. The molecule has 0 saturated heterocycles. The van der Waals surface area contributed by atoms with Gasteiger partial charge in [0.05, 0.1) is 7.11 Å². The quantitative estimate of drug-likeness (QED) is 0.630. The zero-order chi connectivity index (χ0) is 21.3. The van der Waals surface area contributed by atoms with Crippen molar-refractivity contribution in [2.24, 2.45) is 0 Å². The highest BCUT2D eigenvalue weighted by Gasteiger charge is 2.31. The maximum atomic E-state index is 13.2. The standard InChI is InChI=1S/C22H22N2O4S2/c1-15-12-18-6-5-16(14-23-30(26,27)21-4-3-11-29-21)13-20(18)24(15)22(25)17-7-9-19(28-2)10-8-17/h3-11,13,15,23H,12,14H2,1-2H3/t15-/m0/s1. The van der Waals surface area contributed by atoms with Crippen LogP contribution in [0.5, 0.6) is 5.75 Å². The Bertz CT molecular complexity index is 1160. The molecule has 1 amide bonds. The van der Waals surface area contributed by atoms with Gasteiger partial charge in [0.25, 0.3) is 5.91 Å². The van der Waals surface area contributed by atoms with Crippen LogP contribution >= 0.6 is 11.3 Å². The van der Waals surface area contributed by atoms with E-state index < -0.39 is 10.0 Å². The van der Waals surface area contributed by atoms with Crippen LogP contribution < -0.4 is 14.4 Å². The number of sulfonamides is 1. The van der Waals surface area contributed by atoms with Gasteiger partial charge < -0.3 is 9.64 Å². The summed E-state index contributed by atoms with van der Waals surface area (Å²) >= 11 is 1.18. The zero-order valence-electron chi connectivity index (χ0n) is 16.7. The number of ether oxygens (including phenoxy) is 1. The van der Waals surface area contributed by atoms with Gasteiger partial charge in [0, 0.05) is 23.8 Å². The van der Waals surface area contributed by atoms with Crippen LogP contribution in [0, 0.1) is 0 Å². The Morgan fingerprint density at radius 2 is 1.97 bits per heavy atom. The molecule has 30 heavy (non-hydrogen) atoms. The predicted molar refractivity (Wildman–Crippen MR) is 118 cm³/mol. The second kappa shape index (κ2) is 8.22. The predicted octanol–water partition coefficient (Wildman–Crippen LogP) is 3.83. The number of carbonyl (C=O) groups excluding carboxylic acids is 1. The number of rotatable bonds is 6. The number of hydrogen-bond acceptors (Lipinski definition) is 5. The number of nitrogens with zero attached hydrogens (tertiary/aromatic N) is 1. The number of fused-ring (bicyclic) bond motifs is 1. The van der Waals surface area contributed by atoms with Gasteiger partial charge in [0.15, 0.2) is 0 Å². The molecule has 1 aliphatic rings. The molecule has 0 saturated carbocycles. The van der Waals surface area contributed by atoms with Gasteiger partial charge in [-0.1, -0.05) is 18.2 Å². The third-order valence-electron chi connectivity index (χ3n) is 5.15. The number of thiophene rings is 1. The molecule has 0 bridgehead atoms. The van der Waals surface area contributed by atoms with E-state index >= 15 is 0 Å². The maximum absolute atomic E-state index is 13.2. The second-order valence-electron chi connectivity index (χ2n) is 7.18. The molecule has 8 heteroatoms. The minimum Gasteiger partial charge on any atom is -0.497 e. The largest absolute Gasteiger partial charge is 0.497 e. The molecule has 6 nitrogen and oxygen atoms in total. The van der Waals surface area contributed by atoms with Crippen molar-refractivity contribution in [3.63, 3.8) is 0 Å². The molecule has 0 unspecified atom stereocenters. The van der Waals surface area contributed by atoms with Crippen LogP contribution in [0.15, 0.2) is 64.2 Å². The number of nitrogens with one attached hydrogen (secondary N) is 1. The molecule has 0 fully saturated rings. The monoisotopic (exact) mass is 442 g/mol. The molecule has 2 aromatic carbocycles. The zero-order valence-corrected chi connectivity index (χ0v) is 18.3. The van der Waals surface area contributed by atoms with E-state index in [1.54, 1.807) is 53.8 Å². The topological polar surface area (TPSA) is 75.7 Å². The van der Waals surface area contributed by atoms with Crippen molar-refractivity contribution in [3.05, 3.63) is 76.7 Å². The molecule has 4 rings (SSSR count). The van der Waals surface area contributed by atoms with Crippen LogP contribution in [0.1, 0.15) is 28.4 Å². The molecule has 156 valence electrons. The Hall–Kier alpha value is -2.68. The van der Waals surface area contributed by atoms with Crippen LogP contribution in [-0.2, 0) is 23.0 Å². The van der Waals surface area contributed by atoms with Gasteiger partial charge in [-0.3, -0.25) is 4.79 Å². The summed E-state index contributed by atoms with van der Waals surface area (Å²) in [4.78, 5) is 15.0. The van der Waals surface area contributed by atoms with E-state index in [2.05, 4.69) is 4.72 Å². The molecular formula is C22H22N2O4S2. The van der Waals surface area contributed by atoms with Gasteiger partial charge in [-0.05, 0) is 66.2 Å². The molecule has 3 aromatic rings. The van der Waals surface area contributed by atoms with Crippen molar-refractivity contribution < 1.29 is 17.9 Å². The molecule has 0 spiro atoms. The van der Waals surface area contributed by atoms with E-state index in [-0.39, 0.29) is 22.7 Å². The van der Waals surface area contributed by atoms with Crippen molar-refractivity contribution in [1.82, 2.24) is 4.72 Å². The van der Waals surface area contributed by atoms with Gasteiger partial charge in [0.2, 0.25) is 10.0 Å². The number of hydrogen-bond donors (Lipinski definition) is 1. The highest BCUT2D eigenvalue weighted by molar-refractivity contribution is 7.91. The van der Waals surface area contributed by atoms with Gasteiger partial charge in [-0.25, -0.2) is 13.1 Å². The lowest BCUT2D eigenvalue weighted by atomic mass is 10.1. The fourth-order valence-electron chi connectivity index (χ4n) is 3.61. The first-order valence-corrected chi connectivity index (χ1v) is 11.9. The Labute approximate surface area is 180 Å². The fraction of sp³-hybridized carbons (Fsp3) is 0.227. The summed E-state index contributed by atoms with van der Waals surface area (Å²) in [6.07, 6.45) is 0.762. The lowest BCUT2D eigenvalue weighted by Crippen LogP contribution is -2.35. The molecule has 1 atom stereocenters. The highest BCUT2D eigenvalue weighted by atomic mass is 32.2. The number of methoxy groups -OCH3 is 1. The molecule has 2 heterocycles. The molecule has 1 aromatic heterocycles. The Morgan fingerprint density at radius 1 is 1.20 bits per heavy atom. The summed E-state index contributed by atoms with van der Waals surface area (Å²) in [5.74, 6) is 0.613. The highest BCUT2D eigenvalue weighted by Crippen LogP contribution is 2.34. The number of benzene rings is 2. The van der Waals surface area contributed by atoms with Crippen LogP contribution in [0.3, 0.4) is 0 Å². The van der Waals surface area contributed by atoms with Crippen LogP contribution in [-0.4, -0.2) is 27.5 Å². The van der Waals surface area contributed by atoms with E-state index in [4.69, 9.17) is 4.74 Å². The van der Waals surface area contributed by atoms with E-state index in [0.717, 1.165) is 23.2 Å². The van der Waals surface area contributed by atoms with Crippen molar-refractivity contribution in [1.29, 1.82) is 0 Å². The Balaban J connectivity index is 1.56. The van der Waals surface area contributed by atoms with Gasteiger partial charge in [0.1, 0.15) is 9.96 Å². The first-order chi connectivity index (χ1) is 14.4. The van der Waals surface area contributed by atoms with Crippen LogP contribution in [0.2, 0.25) is 0 Å². The summed E-state index contributed by atoms with van der Waals surface area (Å²) in [7, 11) is -1.96. The van der Waals surface area contributed by atoms with Gasteiger partial charge >= 0.3 is 0 Å². The molecule has 0 radical (unpaired) electrons. The van der Waals surface area contributed by atoms with Crippen molar-refractivity contribution in [2.75, 3.05) is 12.0 Å². The van der Waals surface area contributed by atoms with E-state index in [1.807, 2.05) is 25.1 Å². The summed E-state index contributed by atoms with van der Waals surface area (Å²) in [5, 5.41) is 1.73. The third-order valence-corrected chi connectivity index (χ3v) is 7.95. The van der Waals surface area contributed by atoms with Crippen molar-refractivity contribution in [3.8, 4) is 5.75 Å². The van der Waals surface area contributed by atoms with E-state index in [9.17, 15) is 13.2 Å². The van der Waals surface area contributed by atoms with E-state index in [0.29, 0.717) is 11.3 Å². The molecular weight excluding hydrogens is 420 g/mol. The minimum absolute atomic E-state index is 0.0210. The lowest BCUT2D eigenvalue weighted by Gasteiger charge is -2.23. The normalized spacial score (nSPS) is 15.8. The first kappa shape index (κ1) is 20.6. The average Bonchev–Trinajstić information content (AvgIpc) is 3.40. The van der Waals surface area contributed by atoms with Crippen molar-refractivity contribution >= 4 is 33.0 Å². The Kier molecular flexibility index (Phi) is 5.64. The molecule has 0 aliphatic carbocycles. The minimum atomic E-state index is -3.54. The Morgan fingerprint density at radius 3 is 2.63 bits per heavy atom. The smallest absolute Gasteiger partial charge is 0.258 e. The molecule has 1 aliphatic heterocycles. The van der Waals surface area contributed by atoms with Crippen molar-refractivity contribution in [2.45, 2.75) is 30.1 Å². The summed E-state index contributed by atoms with van der Waals surface area (Å²) in [6, 6.07) is 16.1. The SMILES string of the molecule is COc1ccc(C(=O)N2c3cc(CNS(=O)(=O)c4cccs4)ccc3C[C@@H]2C)cc1.